The van der Waals surface area contributed by atoms with E-state index >= 15 is 0 Å². The van der Waals surface area contributed by atoms with Crippen LogP contribution in [0.15, 0.2) is 24.3 Å². The molecule has 0 fully saturated rings. The zero-order valence-corrected chi connectivity index (χ0v) is 11.0. The Balaban J connectivity index is 2.85. The van der Waals surface area contributed by atoms with Crippen LogP contribution in [0.25, 0.3) is 0 Å². The molecule has 2 atom stereocenters. The van der Waals surface area contributed by atoms with Crippen LogP contribution >= 0.6 is 0 Å². The van der Waals surface area contributed by atoms with Crippen molar-refractivity contribution in [1.29, 1.82) is 0 Å². The summed E-state index contributed by atoms with van der Waals surface area (Å²) in [6.07, 6.45) is 0. The van der Waals surface area contributed by atoms with E-state index in [9.17, 15) is 4.79 Å². The molecule has 1 rings (SSSR count). The average Bonchev–Trinajstić information content (AvgIpc) is 2.28. The van der Waals surface area contributed by atoms with Gasteiger partial charge in [-0.1, -0.05) is 39.0 Å². The summed E-state index contributed by atoms with van der Waals surface area (Å²) in [5.41, 5.74) is 7.66. The molecule has 0 heterocycles. The number of carbonyl (C=O) groups excluding carboxylic acids is 1. The second-order valence-corrected chi connectivity index (χ2v) is 4.90. The van der Waals surface area contributed by atoms with Crippen LogP contribution in [0, 0.1) is 11.8 Å². The van der Waals surface area contributed by atoms with E-state index in [2.05, 4.69) is 5.32 Å². The average molecular weight is 234 g/mol. The molecule has 0 aliphatic heterocycles. The molecule has 0 bridgehead atoms. The normalized spacial score (nSPS) is 14.5. The summed E-state index contributed by atoms with van der Waals surface area (Å²) in [6, 6.07) is 7.59. The van der Waals surface area contributed by atoms with Gasteiger partial charge >= 0.3 is 0 Å². The van der Waals surface area contributed by atoms with Crippen LogP contribution in [0.1, 0.15) is 39.3 Å². The van der Waals surface area contributed by atoms with Gasteiger partial charge in [-0.2, -0.15) is 0 Å². The first-order valence-electron chi connectivity index (χ1n) is 6.08. The number of anilines is 1. The summed E-state index contributed by atoms with van der Waals surface area (Å²) in [6.45, 7) is 7.94. The summed E-state index contributed by atoms with van der Waals surface area (Å²) in [5.74, 6) is 0.377. The summed E-state index contributed by atoms with van der Waals surface area (Å²) >= 11 is 0. The zero-order valence-electron chi connectivity index (χ0n) is 11.0. The van der Waals surface area contributed by atoms with E-state index < -0.39 is 0 Å². The van der Waals surface area contributed by atoms with Gasteiger partial charge in [-0.15, -0.1) is 0 Å². The molecule has 0 aliphatic rings. The minimum atomic E-state index is -0.0825. The van der Waals surface area contributed by atoms with Crippen molar-refractivity contribution in [3.63, 3.8) is 0 Å². The molecule has 3 nitrogen and oxygen atoms in total. The van der Waals surface area contributed by atoms with E-state index in [-0.39, 0.29) is 17.9 Å². The molecule has 0 aliphatic carbocycles. The van der Waals surface area contributed by atoms with Crippen LogP contribution in [0.4, 0.5) is 5.69 Å². The third-order valence-corrected chi connectivity index (χ3v) is 3.12. The SMILES string of the molecule is CC(N)c1ccccc1NC(=O)C(C)C(C)C. The maximum absolute atomic E-state index is 12.0. The fraction of sp³-hybridized carbons (Fsp3) is 0.500. The van der Waals surface area contributed by atoms with Crippen molar-refractivity contribution in [3.8, 4) is 0 Å². The molecule has 1 aromatic rings. The minimum absolute atomic E-state index is 0.00358. The van der Waals surface area contributed by atoms with Crippen molar-refractivity contribution < 1.29 is 4.79 Å². The Morgan fingerprint density at radius 1 is 1.18 bits per heavy atom. The number of nitrogens with two attached hydrogens (primary N) is 1. The van der Waals surface area contributed by atoms with Gasteiger partial charge in [-0.05, 0) is 24.5 Å². The van der Waals surface area contributed by atoms with Crippen LogP contribution in [-0.4, -0.2) is 5.91 Å². The summed E-state index contributed by atoms with van der Waals surface area (Å²) in [4.78, 5) is 12.0. The lowest BCUT2D eigenvalue weighted by molar-refractivity contribution is -0.120. The molecular weight excluding hydrogens is 212 g/mol. The van der Waals surface area contributed by atoms with E-state index in [0.717, 1.165) is 11.3 Å². The molecule has 1 amide bonds. The number of nitrogens with one attached hydrogen (secondary N) is 1. The van der Waals surface area contributed by atoms with Crippen LogP contribution < -0.4 is 11.1 Å². The van der Waals surface area contributed by atoms with Crippen LogP contribution in [0.3, 0.4) is 0 Å². The van der Waals surface area contributed by atoms with Gasteiger partial charge < -0.3 is 11.1 Å². The smallest absolute Gasteiger partial charge is 0.227 e. The van der Waals surface area contributed by atoms with Crippen LogP contribution in [0.2, 0.25) is 0 Å². The maximum atomic E-state index is 12.0. The van der Waals surface area contributed by atoms with Gasteiger partial charge in [-0.25, -0.2) is 0 Å². The van der Waals surface area contributed by atoms with Crippen LogP contribution in [0.5, 0.6) is 0 Å². The lowest BCUT2D eigenvalue weighted by Crippen LogP contribution is -2.25. The monoisotopic (exact) mass is 234 g/mol. The Labute approximate surface area is 103 Å². The van der Waals surface area contributed by atoms with Gasteiger partial charge in [0.1, 0.15) is 0 Å². The van der Waals surface area contributed by atoms with E-state index in [4.69, 9.17) is 5.73 Å². The number of rotatable bonds is 4. The van der Waals surface area contributed by atoms with Gasteiger partial charge in [0.15, 0.2) is 0 Å². The quantitative estimate of drug-likeness (QED) is 0.841. The molecule has 3 N–H and O–H groups in total. The highest BCUT2D eigenvalue weighted by atomic mass is 16.1. The predicted molar refractivity (Wildman–Crippen MR) is 71.7 cm³/mol. The molecular formula is C14H22N2O. The Bertz CT molecular complexity index is 386. The van der Waals surface area contributed by atoms with Gasteiger partial charge in [0, 0.05) is 17.6 Å². The number of hydrogen-bond donors (Lipinski definition) is 2. The molecule has 2 unspecified atom stereocenters. The van der Waals surface area contributed by atoms with Crippen molar-refractivity contribution in [1.82, 2.24) is 0 Å². The molecule has 3 heteroatoms. The number of benzene rings is 1. The minimum Gasteiger partial charge on any atom is -0.326 e. The van der Waals surface area contributed by atoms with E-state index in [1.807, 2.05) is 52.0 Å². The van der Waals surface area contributed by atoms with Gasteiger partial charge in [-0.3, -0.25) is 4.79 Å². The highest BCUT2D eigenvalue weighted by Crippen LogP contribution is 2.22. The summed E-state index contributed by atoms with van der Waals surface area (Å²) in [7, 11) is 0. The molecule has 0 spiro atoms. The largest absolute Gasteiger partial charge is 0.326 e. The standard InChI is InChI=1S/C14H22N2O/c1-9(2)10(3)14(17)16-13-8-6-5-7-12(13)11(4)15/h5-11H,15H2,1-4H3,(H,16,17). The molecule has 0 aromatic heterocycles. The van der Waals surface area contributed by atoms with E-state index in [1.165, 1.54) is 0 Å². The lowest BCUT2D eigenvalue weighted by atomic mass is 9.97. The molecule has 0 saturated carbocycles. The van der Waals surface area contributed by atoms with Crippen molar-refractivity contribution in [2.45, 2.75) is 33.7 Å². The summed E-state index contributed by atoms with van der Waals surface area (Å²) in [5, 5.41) is 2.95. The zero-order chi connectivity index (χ0) is 13.0. The first kappa shape index (κ1) is 13.7. The van der Waals surface area contributed by atoms with Crippen LogP contribution in [-0.2, 0) is 4.79 Å². The third kappa shape index (κ3) is 3.56. The second-order valence-electron chi connectivity index (χ2n) is 4.90. The number of hydrogen-bond acceptors (Lipinski definition) is 2. The van der Waals surface area contributed by atoms with Gasteiger partial charge in [0.25, 0.3) is 0 Å². The van der Waals surface area contributed by atoms with Crippen molar-refractivity contribution in [2.24, 2.45) is 17.6 Å². The molecule has 1 aromatic carbocycles. The second kappa shape index (κ2) is 5.82. The highest BCUT2D eigenvalue weighted by molar-refractivity contribution is 5.93. The molecule has 94 valence electrons. The first-order chi connectivity index (χ1) is 7.93. The van der Waals surface area contributed by atoms with Crippen molar-refractivity contribution in [3.05, 3.63) is 29.8 Å². The number of carbonyl (C=O) groups is 1. The Morgan fingerprint density at radius 3 is 2.29 bits per heavy atom. The summed E-state index contributed by atoms with van der Waals surface area (Å²) < 4.78 is 0. The Morgan fingerprint density at radius 2 is 1.76 bits per heavy atom. The topological polar surface area (TPSA) is 55.1 Å². The number of amides is 1. The van der Waals surface area contributed by atoms with Gasteiger partial charge in [0.2, 0.25) is 5.91 Å². The molecule has 17 heavy (non-hydrogen) atoms. The van der Waals surface area contributed by atoms with E-state index in [0.29, 0.717) is 5.92 Å². The fourth-order valence-electron chi connectivity index (χ4n) is 1.56. The van der Waals surface area contributed by atoms with Crippen molar-refractivity contribution >= 4 is 11.6 Å². The third-order valence-electron chi connectivity index (χ3n) is 3.12. The maximum Gasteiger partial charge on any atom is 0.227 e. The Hall–Kier alpha value is -1.35. The molecule has 0 saturated heterocycles. The fourth-order valence-corrected chi connectivity index (χ4v) is 1.56. The molecule has 0 radical (unpaired) electrons. The number of para-hydroxylation sites is 1. The Kier molecular flexibility index (Phi) is 4.70. The first-order valence-corrected chi connectivity index (χ1v) is 6.08. The highest BCUT2D eigenvalue weighted by Gasteiger charge is 2.18. The predicted octanol–water partition coefficient (Wildman–Crippen LogP) is 2.94. The lowest BCUT2D eigenvalue weighted by Gasteiger charge is -2.18. The van der Waals surface area contributed by atoms with Crippen molar-refractivity contribution in [2.75, 3.05) is 5.32 Å². The van der Waals surface area contributed by atoms with Gasteiger partial charge in [0.05, 0.1) is 0 Å². The van der Waals surface area contributed by atoms with E-state index in [1.54, 1.807) is 0 Å².